The van der Waals surface area contributed by atoms with Gasteiger partial charge < -0.3 is 28.2 Å². The van der Waals surface area contributed by atoms with E-state index in [0.29, 0.717) is 16.7 Å². The zero-order valence-corrected chi connectivity index (χ0v) is 26.5. The molecular weight excluding hydrogens is 534 g/mol. The molecule has 39 heavy (non-hydrogen) atoms. The van der Waals surface area contributed by atoms with Gasteiger partial charge in [0.2, 0.25) is 0 Å². The zero-order valence-electron chi connectivity index (χ0n) is 24.5. The molecule has 3 atom stereocenters. The Balaban J connectivity index is 1.89. The molecule has 2 saturated heterocycles. The quantitative estimate of drug-likeness (QED) is 0.279. The predicted molar refractivity (Wildman–Crippen MR) is 152 cm³/mol. The average molecular weight is 578 g/mol. The molecule has 0 unspecified atom stereocenters. The number of ether oxygens (including phenoxy) is 2. The van der Waals surface area contributed by atoms with Crippen LogP contribution in [0.25, 0.3) is 11.2 Å². The summed E-state index contributed by atoms with van der Waals surface area (Å²) in [6.07, 6.45) is 2.67. The van der Waals surface area contributed by atoms with E-state index in [9.17, 15) is 4.79 Å². The minimum absolute atomic E-state index is 0.119. The molecule has 216 valence electrons. The van der Waals surface area contributed by atoms with Crippen LogP contribution >= 0.6 is 0 Å². The van der Waals surface area contributed by atoms with E-state index in [1.54, 1.807) is 17.8 Å². The molecule has 0 radical (unpaired) electrons. The summed E-state index contributed by atoms with van der Waals surface area (Å²) >= 11 is 0. The fourth-order valence-electron chi connectivity index (χ4n) is 5.81. The van der Waals surface area contributed by atoms with Crippen LogP contribution < -0.4 is 5.73 Å². The average Bonchev–Trinajstić information content (AvgIpc) is 3.41. The third-order valence-corrected chi connectivity index (χ3v) is 18.0. The Kier molecular flexibility index (Phi) is 8.69. The Morgan fingerprint density at radius 2 is 1.72 bits per heavy atom. The maximum atomic E-state index is 12.8. The maximum absolute atomic E-state index is 12.8. The molecule has 2 aliphatic heterocycles. The van der Waals surface area contributed by atoms with E-state index in [4.69, 9.17) is 28.2 Å². The van der Waals surface area contributed by atoms with Crippen molar-refractivity contribution in [2.24, 2.45) is 0 Å². The van der Waals surface area contributed by atoms with Gasteiger partial charge >= 0.3 is 23.1 Å². The molecule has 4 rings (SSSR count). The Bertz CT molecular complexity index is 1200. The van der Waals surface area contributed by atoms with Gasteiger partial charge in [0, 0.05) is 11.6 Å². The first-order valence-corrected chi connectivity index (χ1v) is 17.8. The summed E-state index contributed by atoms with van der Waals surface area (Å²) in [5.74, 6) is -0.204. The Morgan fingerprint density at radius 1 is 1.08 bits per heavy atom. The van der Waals surface area contributed by atoms with Gasteiger partial charge in [-0.2, -0.15) is 0 Å². The maximum Gasteiger partial charge on any atom is 0.335 e. The molecule has 0 aliphatic carbocycles. The van der Waals surface area contributed by atoms with Gasteiger partial charge in [-0.15, -0.1) is 0 Å². The number of nitrogen functional groups attached to an aromatic ring is 1. The molecule has 2 aromatic heterocycles. The van der Waals surface area contributed by atoms with Crippen LogP contribution in [0.4, 0.5) is 5.82 Å². The standard InChI is InChI=1S/C26H43N5O6Si2/c1-10-33-21(32)11-19-23-20(35-26(19)31-14-30-22-24(27)28-13-29-25(22)31)12-34-38(15(2)3,16(4)5)37-39(36-23,17(6)7)18(8)9/h11,13-18,20,23,26H,10,12H2,1-9H3,(H2,27,28,29)/b19-11-/t20-,23+,26-/m1/s1. The predicted octanol–water partition coefficient (Wildman–Crippen LogP) is 4.75. The fourth-order valence-corrected chi connectivity index (χ4v) is 17.0. The summed E-state index contributed by atoms with van der Waals surface area (Å²) in [5.41, 5.74) is 8.27. The third-order valence-electron chi connectivity index (χ3n) is 7.79. The summed E-state index contributed by atoms with van der Waals surface area (Å²) in [7, 11) is -5.72. The van der Waals surface area contributed by atoms with Crippen molar-refractivity contribution >= 4 is 40.1 Å². The highest BCUT2D eigenvalue weighted by molar-refractivity contribution is 6.84. The minimum atomic E-state index is -2.96. The Hall–Kier alpha value is -2.17. The van der Waals surface area contributed by atoms with Crippen LogP contribution in [-0.2, 0) is 27.2 Å². The van der Waals surface area contributed by atoms with Crippen LogP contribution in [0.15, 0.2) is 24.3 Å². The highest BCUT2D eigenvalue weighted by Gasteiger charge is 2.61. The lowest BCUT2D eigenvalue weighted by atomic mass is 10.1. The van der Waals surface area contributed by atoms with Crippen molar-refractivity contribution in [3.63, 3.8) is 0 Å². The van der Waals surface area contributed by atoms with Gasteiger partial charge in [0.1, 0.15) is 24.1 Å². The van der Waals surface area contributed by atoms with Crippen LogP contribution in [-0.4, -0.2) is 68.0 Å². The van der Waals surface area contributed by atoms with E-state index < -0.39 is 41.5 Å². The van der Waals surface area contributed by atoms with Crippen molar-refractivity contribution in [3.05, 3.63) is 24.3 Å². The number of hydrogen-bond donors (Lipinski definition) is 1. The van der Waals surface area contributed by atoms with E-state index in [1.807, 2.05) is 0 Å². The first-order valence-electron chi connectivity index (χ1n) is 13.9. The molecule has 4 heterocycles. The molecule has 2 aliphatic rings. The second kappa shape index (κ2) is 11.4. The van der Waals surface area contributed by atoms with Gasteiger partial charge in [0.25, 0.3) is 0 Å². The largest absolute Gasteiger partial charge is 0.463 e. The van der Waals surface area contributed by atoms with Gasteiger partial charge in [-0.3, -0.25) is 4.57 Å². The number of hydrogen-bond acceptors (Lipinski definition) is 10. The monoisotopic (exact) mass is 577 g/mol. The van der Waals surface area contributed by atoms with Crippen LogP contribution in [0, 0.1) is 0 Å². The molecule has 2 N–H and O–H groups in total. The number of esters is 1. The van der Waals surface area contributed by atoms with E-state index in [0.717, 1.165) is 0 Å². The molecule has 0 saturated carbocycles. The molecule has 13 heteroatoms. The highest BCUT2D eigenvalue weighted by Crippen LogP contribution is 2.49. The zero-order chi connectivity index (χ0) is 28.7. The lowest BCUT2D eigenvalue weighted by Crippen LogP contribution is -2.65. The van der Waals surface area contributed by atoms with Crippen molar-refractivity contribution in [2.75, 3.05) is 18.9 Å². The smallest absolute Gasteiger partial charge is 0.335 e. The number of carbonyl (C=O) groups excluding carboxylic acids is 1. The van der Waals surface area contributed by atoms with Crippen molar-refractivity contribution in [2.45, 2.75) is 103 Å². The van der Waals surface area contributed by atoms with Crippen molar-refractivity contribution in [3.8, 4) is 0 Å². The molecular formula is C26H43N5O6Si2. The minimum Gasteiger partial charge on any atom is -0.463 e. The summed E-state index contributed by atoms with van der Waals surface area (Å²) in [6, 6.07) is 0. The second-order valence-electron chi connectivity index (χ2n) is 11.5. The first kappa shape index (κ1) is 29.8. The number of aromatic nitrogens is 4. The lowest BCUT2D eigenvalue weighted by Gasteiger charge is -2.51. The van der Waals surface area contributed by atoms with Crippen LogP contribution in [0.5, 0.6) is 0 Å². The number of fused-ring (bicyclic) bond motifs is 2. The first-order chi connectivity index (χ1) is 18.4. The van der Waals surface area contributed by atoms with Crippen molar-refractivity contribution < 1.29 is 27.2 Å². The highest BCUT2D eigenvalue weighted by atomic mass is 28.5. The molecule has 0 amide bonds. The molecule has 0 bridgehead atoms. The summed E-state index contributed by atoms with van der Waals surface area (Å²) in [5, 5.41) is 0. The van der Waals surface area contributed by atoms with E-state index in [-0.39, 0.29) is 41.2 Å². The van der Waals surface area contributed by atoms with Gasteiger partial charge in [0.15, 0.2) is 17.7 Å². The SMILES string of the molecule is CCOC(=O)/C=C1\[C@H](n2cnc3c(N)ncnc32)O[C@@H]2CO[Si](C(C)C)(C(C)C)O[Si](C(C)C)(C(C)C)O[C@@H]12. The molecule has 2 aromatic rings. The van der Waals surface area contributed by atoms with Gasteiger partial charge in [-0.25, -0.2) is 19.7 Å². The van der Waals surface area contributed by atoms with Gasteiger partial charge in [-0.05, 0) is 29.1 Å². The van der Waals surface area contributed by atoms with E-state index >= 15 is 0 Å². The third kappa shape index (κ3) is 5.20. The van der Waals surface area contributed by atoms with E-state index in [2.05, 4.69) is 70.3 Å². The Labute approximate surface area is 232 Å². The van der Waals surface area contributed by atoms with Gasteiger partial charge in [-0.1, -0.05) is 55.4 Å². The number of imidazole rings is 1. The molecule has 0 spiro atoms. The second-order valence-corrected chi connectivity index (χ2v) is 20.4. The molecule has 2 fully saturated rings. The molecule has 11 nitrogen and oxygen atoms in total. The Morgan fingerprint density at radius 3 is 2.31 bits per heavy atom. The van der Waals surface area contributed by atoms with Crippen LogP contribution in [0.2, 0.25) is 22.2 Å². The fraction of sp³-hybridized carbons (Fsp3) is 0.692. The number of anilines is 1. The van der Waals surface area contributed by atoms with Crippen molar-refractivity contribution in [1.29, 1.82) is 0 Å². The van der Waals surface area contributed by atoms with Crippen molar-refractivity contribution in [1.82, 2.24) is 19.5 Å². The normalized spacial score (nSPS) is 26.0. The number of nitrogens with two attached hydrogens (primary N) is 1. The summed E-state index contributed by atoms with van der Waals surface area (Å²) in [6.45, 7) is 19.7. The number of nitrogens with zero attached hydrogens (tertiary/aromatic N) is 4. The number of rotatable bonds is 7. The summed E-state index contributed by atoms with van der Waals surface area (Å²) in [4.78, 5) is 25.7. The van der Waals surface area contributed by atoms with Crippen LogP contribution in [0.3, 0.4) is 0 Å². The van der Waals surface area contributed by atoms with Gasteiger partial charge in [0.05, 0.1) is 19.5 Å². The topological polar surface area (TPSA) is 133 Å². The molecule has 0 aromatic carbocycles. The number of carbonyl (C=O) groups is 1. The van der Waals surface area contributed by atoms with Crippen LogP contribution in [0.1, 0.15) is 68.5 Å². The summed E-state index contributed by atoms with van der Waals surface area (Å²) < 4.78 is 35.1. The lowest BCUT2D eigenvalue weighted by molar-refractivity contribution is -0.137. The van der Waals surface area contributed by atoms with E-state index in [1.165, 1.54) is 12.4 Å².